The Morgan fingerprint density at radius 3 is 1.42 bits per heavy atom. The number of carbonyl (C=O) groups excluding carboxylic acids is 1. The molecule has 0 unspecified atom stereocenters. The molecule has 0 spiro atoms. The van der Waals surface area contributed by atoms with Crippen LogP contribution in [0.1, 0.15) is 141 Å². The number of ether oxygens (including phenoxy) is 6. The van der Waals surface area contributed by atoms with Gasteiger partial charge in [0.1, 0.15) is 5.56 Å². The lowest BCUT2D eigenvalue weighted by Gasteiger charge is -2.21. The molecule has 1 N–H and O–H groups in total. The van der Waals surface area contributed by atoms with Gasteiger partial charge in [-0.05, 0) is 101 Å². The van der Waals surface area contributed by atoms with E-state index in [9.17, 15) is 4.79 Å². The zero-order chi connectivity index (χ0) is 40.2. The van der Waals surface area contributed by atoms with Gasteiger partial charge in [0.2, 0.25) is 0 Å². The van der Waals surface area contributed by atoms with Crippen molar-refractivity contribution in [2.24, 2.45) is 0 Å². The molecule has 5 aromatic rings. The van der Waals surface area contributed by atoms with Crippen LogP contribution in [0, 0.1) is 0 Å². The van der Waals surface area contributed by atoms with Crippen molar-refractivity contribution in [2.45, 2.75) is 131 Å². The van der Waals surface area contributed by atoms with E-state index in [1.54, 1.807) is 24.5 Å². The second-order valence-corrected chi connectivity index (χ2v) is 15.0. The van der Waals surface area contributed by atoms with Gasteiger partial charge < -0.3 is 28.4 Å². The number of benzene rings is 4. The maximum absolute atomic E-state index is 13.6. The van der Waals surface area contributed by atoms with Crippen LogP contribution in [0.15, 0.2) is 60.9 Å². The van der Waals surface area contributed by atoms with E-state index >= 15 is 0 Å². The Morgan fingerprint density at radius 2 is 0.912 bits per heavy atom. The molecule has 0 fully saturated rings. The van der Waals surface area contributed by atoms with Crippen molar-refractivity contribution in [3.8, 4) is 34.5 Å². The van der Waals surface area contributed by atoms with Gasteiger partial charge in [-0.3, -0.25) is 0 Å². The SMILES string of the molecule is CCCCCOc1cc2c(cc1OCCCCC)c1ccc(OCCCCC)c(OCCCCC)c1c1cc(OCCCCC)c(OC(=O)c3ccc[nH+]c3)cc21. The zero-order valence-corrected chi connectivity index (χ0v) is 35.3. The largest absolute Gasteiger partial charge is 0.490 e. The van der Waals surface area contributed by atoms with Crippen molar-refractivity contribution < 1.29 is 38.2 Å². The molecule has 1 heterocycles. The van der Waals surface area contributed by atoms with E-state index in [1.807, 2.05) is 12.1 Å². The van der Waals surface area contributed by atoms with E-state index in [4.69, 9.17) is 28.4 Å². The minimum absolute atomic E-state index is 0.358. The molecule has 0 aliphatic carbocycles. The molecule has 1 aromatic heterocycles. The third-order valence-corrected chi connectivity index (χ3v) is 10.3. The number of unbranched alkanes of at least 4 members (excludes halogenated alkanes) is 10. The van der Waals surface area contributed by atoms with Crippen molar-refractivity contribution in [3.63, 3.8) is 0 Å². The number of rotatable bonds is 27. The molecular formula is C49H66NO7+. The van der Waals surface area contributed by atoms with Gasteiger partial charge >= 0.3 is 5.97 Å². The highest BCUT2D eigenvalue weighted by Crippen LogP contribution is 2.49. The molecule has 8 heteroatoms. The maximum atomic E-state index is 13.6. The fraction of sp³-hybridized carbons (Fsp3) is 0.510. The summed E-state index contributed by atoms with van der Waals surface area (Å²) in [6, 6.07) is 15.9. The minimum atomic E-state index is -0.472. The number of hydrogen-bond acceptors (Lipinski definition) is 7. The summed E-state index contributed by atoms with van der Waals surface area (Å²) in [5.74, 6) is 3.27. The van der Waals surface area contributed by atoms with Crippen LogP contribution in [-0.2, 0) is 0 Å². The first-order chi connectivity index (χ1) is 28.0. The van der Waals surface area contributed by atoms with Crippen LogP contribution in [0.25, 0.3) is 32.3 Å². The second kappa shape index (κ2) is 23.5. The summed E-state index contributed by atoms with van der Waals surface area (Å²) in [6.45, 7) is 13.8. The van der Waals surface area contributed by atoms with E-state index in [0.717, 1.165) is 146 Å². The van der Waals surface area contributed by atoms with Crippen LogP contribution in [0.3, 0.4) is 0 Å². The van der Waals surface area contributed by atoms with Crippen LogP contribution >= 0.6 is 0 Å². The number of aromatic amines is 1. The zero-order valence-electron chi connectivity index (χ0n) is 35.3. The highest BCUT2D eigenvalue weighted by Gasteiger charge is 2.23. The number of pyridine rings is 1. The molecule has 0 bridgehead atoms. The van der Waals surface area contributed by atoms with E-state index in [2.05, 4.69) is 63.9 Å². The molecule has 0 saturated heterocycles. The molecule has 57 heavy (non-hydrogen) atoms. The average Bonchev–Trinajstić information content (AvgIpc) is 3.23. The number of hydrogen-bond donors (Lipinski definition) is 0. The van der Waals surface area contributed by atoms with Crippen LogP contribution in [-0.4, -0.2) is 39.0 Å². The molecule has 0 aliphatic heterocycles. The first-order valence-electron chi connectivity index (χ1n) is 21.9. The predicted octanol–water partition coefficient (Wildman–Crippen LogP) is 13.0. The van der Waals surface area contributed by atoms with Crippen molar-refractivity contribution in [2.75, 3.05) is 33.0 Å². The van der Waals surface area contributed by atoms with Gasteiger partial charge in [0.25, 0.3) is 0 Å². The topological polar surface area (TPSA) is 86.6 Å². The van der Waals surface area contributed by atoms with Gasteiger partial charge in [-0.15, -0.1) is 0 Å². The quantitative estimate of drug-likeness (QED) is 0.0227. The van der Waals surface area contributed by atoms with Crippen molar-refractivity contribution >= 4 is 38.3 Å². The van der Waals surface area contributed by atoms with Crippen molar-refractivity contribution in [3.05, 3.63) is 66.5 Å². The molecule has 0 amide bonds. The summed E-state index contributed by atoms with van der Waals surface area (Å²) in [4.78, 5) is 16.6. The lowest BCUT2D eigenvalue weighted by atomic mass is 9.92. The number of esters is 1. The number of carbonyl (C=O) groups is 1. The van der Waals surface area contributed by atoms with E-state index in [0.29, 0.717) is 55.8 Å². The van der Waals surface area contributed by atoms with Gasteiger partial charge in [0, 0.05) is 11.5 Å². The highest BCUT2D eigenvalue weighted by molar-refractivity contribution is 6.28. The van der Waals surface area contributed by atoms with Crippen LogP contribution in [0.5, 0.6) is 34.5 Å². The van der Waals surface area contributed by atoms with Crippen LogP contribution in [0.2, 0.25) is 0 Å². The maximum Gasteiger partial charge on any atom is 0.349 e. The predicted molar refractivity (Wildman–Crippen MR) is 232 cm³/mol. The van der Waals surface area contributed by atoms with Gasteiger partial charge in [-0.2, -0.15) is 0 Å². The molecule has 0 radical (unpaired) electrons. The number of H-pyrrole nitrogens is 1. The molecule has 0 saturated carbocycles. The number of nitrogens with one attached hydrogen (secondary N) is 1. The van der Waals surface area contributed by atoms with Crippen LogP contribution < -0.4 is 33.4 Å². The van der Waals surface area contributed by atoms with Gasteiger partial charge in [0.15, 0.2) is 46.9 Å². The van der Waals surface area contributed by atoms with E-state index in [-0.39, 0.29) is 0 Å². The molecule has 0 aliphatic rings. The first-order valence-corrected chi connectivity index (χ1v) is 21.9. The van der Waals surface area contributed by atoms with Crippen LogP contribution in [0.4, 0.5) is 0 Å². The smallest absolute Gasteiger partial charge is 0.349 e. The molecule has 308 valence electrons. The summed E-state index contributed by atoms with van der Waals surface area (Å²) in [7, 11) is 0. The minimum Gasteiger partial charge on any atom is -0.490 e. The lowest BCUT2D eigenvalue weighted by molar-refractivity contribution is -0.378. The highest BCUT2D eigenvalue weighted by atomic mass is 16.6. The standard InChI is InChI=1S/C49H65NO7/c1-6-11-16-26-52-42-24-23-37-38-31-43(53-27-17-12-7-2)44(54-28-18-13-8-3)32-39(38)40-33-46(57-49(51)36-22-21-25-50-35-36)45(55-29-19-14-9-4)34-41(40)47(37)48(42)56-30-20-15-10-5/h21-25,31-35H,6-20,26-30H2,1-5H3/p+1. The Hall–Kier alpha value is -4.72. The summed E-state index contributed by atoms with van der Waals surface area (Å²) in [5.41, 5.74) is 0.415. The fourth-order valence-electron chi connectivity index (χ4n) is 7.07. The molecule has 8 nitrogen and oxygen atoms in total. The summed E-state index contributed by atoms with van der Waals surface area (Å²) < 4.78 is 39.1. The van der Waals surface area contributed by atoms with Gasteiger partial charge in [0.05, 0.1) is 33.0 Å². The van der Waals surface area contributed by atoms with Gasteiger partial charge in [-0.1, -0.05) is 98.8 Å². The molecular weight excluding hydrogens is 715 g/mol. The average molecular weight is 781 g/mol. The Balaban J connectivity index is 1.81. The molecule has 5 rings (SSSR count). The fourth-order valence-corrected chi connectivity index (χ4v) is 7.07. The normalized spacial score (nSPS) is 11.3. The summed E-state index contributed by atoms with van der Waals surface area (Å²) >= 11 is 0. The Morgan fingerprint density at radius 1 is 0.474 bits per heavy atom. The Bertz CT molecular complexity index is 1980. The Kier molecular flexibility index (Phi) is 17.9. The van der Waals surface area contributed by atoms with E-state index in [1.165, 1.54) is 0 Å². The van der Waals surface area contributed by atoms with Gasteiger partial charge in [-0.25, -0.2) is 9.78 Å². The van der Waals surface area contributed by atoms with Crippen molar-refractivity contribution in [1.82, 2.24) is 0 Å². The third-order valence-electron chi connectivity index (χ3n) is 10.3. The second-order valence-electron chi connectivity index (χ2n) is 15.0. The van der Waals surface area contributed by atoms with E-state index < -0.39 is 5.97 Å². The third kappa shape index (κ3) is 11.9. The first kappa shape index (κ1) is 43.4. The molecule has 0 atom stereocenters. The summed E-state index contributed by atoms with van der Waals surface area (Å²) in [5, 5.41) is 5.71. The summed E-state index contributed by atoms with van der Waals surface area (Å²) in [6.07, 6.45) is 19.0. The number of fused-ring (bicyclic) bond motifs is 6. The molecule has 4 aromatic carbocycles. The monoisotopic (exact) mass is 780 g/mol. The van der Waals surface area contributed by atoms with Crippen molar-refractivity contribution in [1.29, 1.82) is 0 Å². The number of aromatic nitrogens is 1. The Labute approximate surface area is 340 Å². The lowest BCUT2D eigenvalue weighted by Crippen LogP contribution is -2.13.